The summed E-state index contributed by atoms with van der Waals surface area (Å²) in [5, 5.41) is 6.97. The van der Waals surface area contributed by atoms with Gasteiger partial charge in [-0.2, -0.15) is 5.10 Å². The highest BCUT2D eigenvalue weighted by molar-refractivity contribution is 7.73. The van der Waals surface area contributed by atoms with E-state index in [9.17, 15) is 4.79 Å². The van der Waals surface area contributed by atoms with Gasteiger partial charge in [0.1, 0.15) is 5.01 Å². The van der Waals surface area contributed by atoms with Gasteiger partial charge < -0.3 is 0 Å². The molecule has 0 atom stereocenters. The summed E-state index contributed by atoms with van der Waals surface area (Å²) in [5.74, 6) is 4.59. The van der Waals surface area contributed by atoms with Crippen molar-refractivity contribution in [3.8, 4) is 0 Å². The van der Waals surface area contributed by atoms with Crippen molar-refractivity contribution in [3.05, 3.63) is 8.96 Å². The molecule has 1 amide bonds. The number of carbonyl (C=O) groups is 1. The van der Waals surface area contributed by atoms with Gasteiger partial charge in [0.15, 0.2) is 3.95 Å². The number of hydrogen-bond donors (Lipinski definition) is 3. The van der Waals surface area contributed by atoms with Crippen LogP contribution in [-0.4, -0.2) is 16.1 Å². The van der Waals surface area contributed by atoms with Crippen LogP contribution in [0.4, 0.5) is 0 Å². The van der Waals surface area contributed by atoms with Gasteiger partial charge in [-0.3, -0.25) is 15.3 Å². The number of nitrogens with one attached hydrogen (secondary N) is 2. The van der Waals surface area contributed by atoms with Gasteiger partial charge in [-0.05, 0) is 12.2 Å². The maximum atomic E-state index is 10.7. The van der Waals surface area contributed by atoms with E-state index < -0.39 is 0 Å². The van der Waals surface area contributed by atoms with Crippen molar-refractivity contribution >= 4 is 29.5 Å². The molecule has 0 saturated carbocycles. The highest BCUT2D eigenvalue weighted by Gasteiger charge is 2.03. The second kappa shape index (κ2) is 3.56. The summed E-state index contributed by atoms with van der Waals surface area (Å²) in [4.78, 5) is 10.7. The van der Waals surface area contributed by atoms with E-state index in [0.717, 1.165) is 0 Å². The number of rotatable bonds is 2. The molecular weight excluding hydrogens is 184 g/mol. The largest absolute Gasteiger partial charge is 0.294 e. The van der Waals surface area contributed by atoms with E-state index in [-0.39, 0.29) is 12.3 Å². The lowest BCUT2D eigenvalue weighted by Crippen LogP contribution is -2.31. The third-order valence-electron chi connectivity index (χ3n) is 0.955. The van der Waals surface area contributed by atoms with E-state index in [1.165, 1.54) is 11.3 Å². The third kappa shape index (κ3) is 2.37. The first-order valence-corrected chi connectivity index (χ1v) is 3.98. The molecule has 0 aliphatic carbocycles. The number of hydrazine groups is 1. The Kier molecular flexibility index (Phi) is 2.69. The van der Waals surface area contributed by atoms with Crippen LogP contribution in [0.3, 0.4) is 0 Å². The minimum Gasteiger partial charge on any atom is -0.294 e. The number of H-pyrrole nitrogens is 1. The number of aromatic amines is 1. The van der Waals surface area contributed by atoms with Gasteiger partial charge in [-0.15, -0.1) is 0 Å². The maximum Gasteiger partial charge on any atom is 0.240 e. The Morgan fingerprint density at radius 3 is 3.09 bits per heavy atom. The maximum absolute atomic E-state index is 10.7. The first-order valence-electron chi connectivity index (χ1n) is 2.76. The van der Waals surface area contributed by atoms with Crippen molar-refractivity contribution in [1.29, 1.82) is 0 Å². The molecule has 1 aromatic heterocycles. The molecule has 1 aromatic rings. The normalized spacial score (nSPS) is 9.55. The first-order chi connectivity index (χ1) is 5.22. The van der Waals surface area contributed by atoms with Crippen LogP contribution in [0.1, 0.15) is 5.01 Å². The monoisotopic (exact) mass is 190 g/mol. The molecular formula is C4H6N4OS2. The van der Waals surface area contributed by atoms with Crippen molar-refractivity contribution in [1.82, 2.24) is 15.6 Å². The molecule has 0 radical (unpaired) electrons. The zero-order chi connectivity index (χ0) is 8.27. The molecule has 0 aliphatic rings. The molecule has 0 aliphatic heterocycles. The smallest absolute Gasteiger partial charge is 0.240 e. The van der Waals surface area contributed by atoms with Crippen molar-refractivity contribution < 1.29 is 4.79 Å². The van der Waals surface area contributed by atoms with Crippen LogP contribution in [0.5, 0.6) is 0 Å². The quantitative estimate of drug-likeness (QED) is 0.259. The second-order valence-corrected chi connectivity index (χ2v) is 3.50. The molecule has 0 spiro atoms. The second-order valence-electron chi connectivity index (χ2n) is 1.75. The van der Waals surface area contributed by atoms with Gasteiger partial charge >= 0.3 is 0 Å². The molecule has 0 saturated heterocycles. The van der Waals surface area contributed by atoms with Gasteiger partial charge in [-0.25, -0.2) is 5.84 Å². The van der Waals surface area contributed by atoms with Crippen LogP contribution in [0.15, 0.2) is 0 Å². The first kappa shape index (κ1) is 8.31. The Morgan fingerprint density at radius 1 is 1.91 bits per heavy atom. The molecule has 60 valence electrons. The van der Waals surface area contributed by atoms with E-state index >= 15 is 0 Å². The standard InChI is InChI=1S/C4H6N4OS2/c5-6-2(9)1-3-7-8-4(10)11-3/h1,5H2,(H,6,9)(H,8,10). The van der Waals surface area contributed by atoms with E-state index in [1.807, 2.05) is 5.43 Å². The molecule has 1 rings (SSSR count). The minimum absolute atomic E-state index is 0.175. The Morgan fingerprint density at radius 2 is 2.64 bits per heavy atom. The van der Waals surface area contributed by atoms with Gasteiger partial charge in [0.05, 0.1) is 6.42 Å². The summed E-state index contributed by atoms with van der Waals surface area (Å²) < 4.78 is 0.560. The zero-order valence-electron chi connectivity index (χ0n) is 5.46. The van der Waals surface area contributed by atoms with Crippen LogP contribution in [-0.2, 0) is 11.2 Å². The molecule has 0 aromatic carbocycles. The number of amides is 1. The molecule has 4 N–H and O–H groups in total. The molecule has 0 bridgehead atoms. The number of carbonyl (C=O) groups excluding carboxylic acids is 1. The van der Waals surface area contributed by atoms with Crippen molar-refractivity contribution in [2.45, 2.75) is 6.42 Å². The van der Waals surface area contributed by atoms with E-state index in [4.69, 9.17) is 18.1 Å². The lowest BCUT2D eigenvalue weighted by molar-refractivity contribution is -0.120. The summed E-state index contributed by atoms with van der Waals surface area (Å²) in [6.45, 7) is 0. The Hall–Kier alpha value is -0.790. The SMILES string of the molecule is NNC(=O)Cc1n[nH]c(=S)s1. The van der Waals surface area contributed by atoms with Crippen molar-refractivity contribution in [2.75, 3.05) is 0 Å². The van der Waals surface area contributed by atoms with Gasteiger partial charge in [0, 0.05) is 0 Å². The average molecular weight is 190 g/mol. The molecule has 0 fully saturated rings. The van der Waals surface area contributed by atoms with Gasteiger partial charge in [-0.1, -0.05) is 11.3 Å². The topological polar surface area (TPSA) is 83.8 Å². The van der Waals surface area contributed by atoms with Crippen molar-refractivity contribution in [2.24, 2.45) is 5.84 Å². The van der Waals surface area contributed by atoms with Crippen LogP contribution < -0.4 is 11.3 Å². The fourth-order valence-electron chi connectivity index (χ4n) is 0.525. The Bertz CT molecular complexity index is 303. The molecule has 7 heteroatoms. The van der Waals surface area contributed by atoms with E-state index in [2.05, 4.69) is 10.2 Å². The Labute approximate surface area is 71.6 Å². The molecule has 1 heterocycles. The van der Waals surface area contributed by atoms with Crippen LogP contribution in [0.25, 0.3) is 0 Å². The van der Waals surface area contributed by atoms with Crippen LogP contribution >= 0.6 is 23.6 Å². The fraction of sp³-hybridized carbons (Fsp3) is 0.250. The number of nitrogens with zero attached hydrogens (tertiary/aromatic N) is 1. The summed E-state index contributed by atoms with van der Waals surface area (Å²) in [5.41, 5.74) is 2.00. The van der Waals surface area contributed by atoms with Crippen molar-refractivity contribution in [3.63, 3.8) is 0 Å². The summed E-state index contributed by atoms with van der Waals surface area (Å²) >= 11 is 6.02. The minimum atomic E-state index is -0.275. The molecule has 0 unspecified atom stereocenters. The van der Waals surface area contributed by atoms with E-state index in [0.29, 0.717) is 8.96 Å². The Balaban J connectivity index is 2.65. The molecule has 5 nitrogen and oxygen atoms in total. The fourth-order valence-corrected chi connectivity index (χ4v) is 1.46. The lowest BCUT2D eigenvalue weighted by Gasteiger charge is -1.92. The van der Waals surface area contributed by atoms with Gasteiger partial charge in [0.2, 0.25) is 5.91 Å². The number of hydrogen-bond acceptors (Lipinski definition) is 5. The lowest BCUT2D eigenvalue weighted by atomic mass is 10.4. The predicted molar refractivity (Wildman–Crippen MR) is 43.3 cm³/mol. The summed E-state index contributed by atoms with van der Waals surface area (Å²) in [6, 6.07) is 0. The van der Waals surface area contributed by atoms with E-state index in [1.54, 1.807) is 0 Å². The summed E-state index contributed by atoms with van der Waals surface area (Å²) in [7, 11) is 0. The predicted octanol–water partition coefficient (Wildman–Crippen LogP) is -0.267. The highest BCUT2D eigenvalue weighted by atomic mass is 32.1. The highest BCUT2D eigenvalue weighted by Crippen LogP contribution is 2.04. The average Bonchev–Trinajstić information content (AvgIpc) is 2.35. The van der Waals surface area contributed by atoms with Gasteiger partial charge in [0.25, 0.3) is 0 Å². The van der Waals surface area contributed by atoms with Crippen LogP contribution in [0, 0.1) is 3.95 Å². The number of nitrogens with two attached hydrogens (primary N) is 1. The third-order valence-corrected chi connectivity index (χ3v) is 2.04. The summed E-state index contributed by atoms with van der Waals surface area (Å²) in [6.07, 6.45) is 0.175. The zero-order valence-corrected chi connectivity index (χ0v) is 7.09. The number of aromatic nitrogens is 2. The molecule has 11 heavy (non-hydrogen) atoms. The van der Waals surface area contributed by atoms with Crippen LogP contribution in [0.2, 0.25) is 0 Å².